The van der Waals surface area contributed by atoms with E-state index in [2.05, 4.69) is 31.2 Å². The molecule has 1 rings (SSSR count). The Morgan fingerprint density at radius 1 is 0.870 bits per heavy atom. The van der Waals surface area contributed by atoms with Crippen LogP contribution >= 0.6 is 0 Å². The summed E-state index contributed by atoms with van der Waals surface area (Å²) in [6, 6.07) is 0. The molecule has 0 amide bonds. The summed E-state index contributed by atoms with van der Waals surface area (Å²) in [5, 5.41) is 8.54. The average Bonchev–Trinajstić information content (AvgIpc) is 3.27. The molecule has 132 valence electrons. The summed E-state index contributed by atoms with van der Waals surface area (Å²) in [4.78, 5) is 10.4. The summed E-state index contributed by atoms with van der Waals surface area (Å²) in [6.07, 6.45) is 22.7. The zero-order valence-electron chi connectivity index (χ0n) is 14.7. The van der Waals surface area contributed by atoms with Crippen molar-refractivity contribution < 1.29 is 14.6 Å². The van der Waals surface area contributed by atoms with Gasteiger partial charge in [0.15, 0.2) is 0 Å². The average molecular weight is 322 g/mol. The maximum Gasteiger partial charge on any atom is 0.303 e. The molecule has 0 aromatic heterocycles. The number of epoxide rings is 1. The highest BCUT2D eigenvalue weighted by molar-refractivity contribution is 5.66. The summed E-state index contributed by atoms with van der Waals surface area (Å²) in [6.45, 7) is 2.26. The Kier molecular flexibility index (Phi) is 11.6. The molecule has 0 saturated carbocycles. The van der Waals surface area contributed by atoms with Crippen LogP contribution in [0.15, 0.2) is 24.3 Å². The molecular weight excluding hydrogens is 288 g/mol. The second kappa shape index (κ2) is 13.4. The first kappa shape index (κ1) is 20.0. The molecule has 1 aliphatic rings. The SMILES string of the molecule is CCCCCCCC/C=C\CC1OC1C/C=C\CCCC(=O)O. The molecule has 0 radical (unpaired) electrons. The summed E-state index contributed by atoms with van der Waals surface area (Å²) in [7, 11) is 0. The van der Waals surface area contributed by atoms with E-state index in [0.29, 0.717) is 12.2 Å². The van der Waals surface area contributed by atoms with E-state index in [1.807, 2.05) is 0 Å². The molecule has 0 aliphatic carbocycles. The molecular formula is C20H34O3. The molecule has 0 aromatic carbocycles. The Morgan fingerprint density at radius 3 is 2.04 bits per heavy atom. The van der Waals surface area contributed by atoms with E-state index >= 15 is 0 Å². The van der Waals surface area contributed by atoms with Crippen LogP contribution in [0.1, 0.15) is 84.0 Å². The van der Waals surface area contributed by atoms with Crippen molar-refractivity contribution >= 4 is 5.97 Å². The number of carbonyl (C=O) groups is 1. The van der Waals surface area contributed by atoms with Gasteiger partial charge in [0.25, 0.3) is 0 Å². The van der Waals surface area contributed by atoms with Gasteiger partial charge < -0.3 is 9.84 Å². The summed E-state index contributed by atoms with van der Waals surface area (Å²) < 4.78 is 5.64. The van der Waals surface area contributed by atoms with Gasteiger partial charge in [-0.1, -0.05) is 63.3 Å². The van der Waals surface area contributed by atoms with Gasteiger partial charge in [0.2, 0.25) is 0 Å². The Bertz CT molecular complexity index is 360. The van der Waals surface area contributed by atoms with E-state index in [-0.39, 0.29) is 6.42 Å². The van der Waals surface area contributed by atoms with Crippen molar-refractivity contribution in [3.8, 4) is 0 Å². The Labute approximate surface area is 141 Å². The van der Waals surface area contributed by atoms with Crippen molar-refractivity contribution in [2.45, 2.75) is 96.2 Å². The minimum Gasteiger partial charge on any atom is -0.481 e. The standard InChI is InChI=1S/C20H34O3/c1-2-3-4-5-6-7-8-9-12-15-18-19(23-18)16-13-10-11-14-17-20(21)22/h9-10,12-13,18-19H,2-8,11,14-17H2,1H3,(H,21,22)/b12-9-,13-10-. The van der Waals surface area contributed by atoms with Crippen LogP contribution in [-0.2, 0) is 9.53 Å². The fourth-order valence-electron chi connectivity index (χ4n) is 2.70. The molecule has 0 spiro atoms. The van der Waals surface area contributed by atoms with Gasteiger partial charge in [0, 0.05) is 6.42 Å². The Hall–Kier alpha value is -1.09. The maximum absolute atomic E-state index is 10.4. The third-order valence-electron chi connectivity index (χ3n) is 4.24. The molecule has 1 saturated heterocycles. The molecule has 2 unspecified atom stereocenters. The first-order valence-electron chi connectivity index (χ1n) is 9.41. The second-order valence-corrected chi connectivity index (χ2v) is 6.47. The van der Waals surface area contributed by atoms with E-state index in [1.165, 1.54) is 44.9 Å². The zero-order valence-corrected chi connectivity index (χ0v) is 14.7. The normalized spacial score (nSPS) is 20.6. The smallest absolute Gasteiger partial charge is 0.303 e. The highest BCUT2D eigenvalue weighted by Crippen LogP contribution is 2.29. The molecule has 1 N–H and O–H groups in total. The predicted molar refractivity (Wildman–Crippen MR) is 95.7 cm³/mol. The topological polar surface area (TPSA) is 49.8 Å². The second-order valence-electron chi connectivity index (χ2n) is 6.47. The minimum atomic E-state index is -0.711. The summed E-state index contributed by atoms with van der Waals surface area (Å²) in [5.74, 6) is -0.711. The van der Waals surface area contributed by atoms with Gasteiger partial charge in [-0.05, 0) is 38.5 Å². The number of aliphatic carboxylic acids is 1. The third kappa shape index (κ3) is 12.1. The van der Waals surface area contributed by atoms with Gasteiger partial charge in [-0.15, -0.1) is 0 Å². The van der Waals surface area contributed by atoms with Gasteiger partial charge in [-0.25, -0.2) is 0 Å². The lowest BCUT2D eigenvalue weighted by Crippen LogP contribution is -1.93. The van der Waals surface area contributed by atoms with Crippen molar-refractivity contribution in [1.29, 1.82) is 0 Å². The third-order valence-corrected chi connectivity index (χ3v) is 4.24. The van der Waals surface area contributed by atoms with Gasteiger partial charge in [0.05, 0.1) is 12.2 Å². The molecule has 3 heteroatoms. The largest absolute Gasteiger partial charge is 0.481 e. The van der Waals surface area contributed by atoms with Crippen LogP contribution in [0.25, 0.3) is 0 Å². The molecule has 1 aliphatic heterocycles. The summed E-state index contributed by atoms with van der Waals surface area (Å²) in [5.41, 5.74) is 0. The number of carboxylic acids is 1. The Morgan fingerprint density at radius 2 is 1.43 bits per heavy atom. The van der Waals surface area contributed by atoms with E-state index < -0.39 is 5.97 Å². The Balaban J connectivity index is 1.87. The van der Waals surface area contributed by atoms with Crippen molar-refractivity contribution in [3.05, 3.63) is 24.3 Å². The molecule has 0 bridgehead atoms. The van der Waals surface area contributed by atoms with Crippen LogP contribution in [0.4, 0.5) is 0 Å². The van der Waals surface area contributed by atoms with Gasteiger partial charge in [-0.3, -0.25) is 4.79 Å². The van der Waals surface area contributed by atoms with E-state index in [4.69, 9.17) is 9.84 Å². The summed E-state index contributed by atoms with van der Waals surface area (Å²) >= 11 is 0. The highest BCUT2D eigenvalue weighted by atomic mass is 16.6. The monoisotopic (exact) mass is 322 g/mol. The van der Waals surface area contributed by atoms with Crippen LogP contribution in [0.2, 0.25) is 0 Å². The number of rotatable bonds is 15. The molecule has 2 atom stereocenters. The lowest BCUT2D eigenvalue weighted by Gasteiger charge is -1.97. The lowest BCUT2D eigenvalue weighted by molar-refractivity contribution is -0.137. The fourth-order valence-corrected chi connectivity index (χ4v) is 2.70. The van der Waals surface area contributed by atoms with Crippen LogP contribution in [0, 0.1) is 0 Å². The zero-order chi connectivity index (χ0) is 16.8. The number of carboxylic acid groups (broad SMARTS) is 1. The van der Waals surface area contributed by atoms with Crippen LogP contribution < -0.4 is 0 Å². The van der Waals surface area contributed by atoms with E-state index in [9.17, 15) is 4.79 Å². The maximum atomic E-state index is 10.4. The molecule has 3 nitrogen and oxygen atoms in total. The van der Waals surface area contributed by atoms with Crippen LogP contribution in [0.3, 0.4) is 0 Å². The van der Waals surface area contributed by atoms with Crippen molar-refractivity contribution in [2.24, 2.45) is 0 Å². The minimum absolute atomic E-state index is 0.260. The molecule has 0 aromatic rings. The van der Waals surface area contributed by atoms with Crippen molar-refractivity contribution in [2.75, 3.05) is 0 Å². The van der Waals surface area contributed by atoms with Crippen molar-refractivity contribution in [1.82, 2.24) is 0 Å². The quantitative estimate of drug-likeness (QED) is 0.241. The van der Waals surface area contributed by atoms with Gasteiger partial charge in [-0.2, -0.15) is 0 Å². The highest BCUT2D eigenvalue weighted by Gasteiger charge is 2.35. The number of ether oxygens (including phenoxy) is 1. The fraction of sp³-hybridized carbons (Fsp3) is 0.750. The molecule has 23 heavy (non-hydrogen) atoms. The van der Waals surface area contributed by atoms with Gasteiger partial charge in [0.1, 0.15) is 0 Å². The van der Waals surface area contributed by atoms with Gasteiger partial charge >= 0.3 is 5.97 Å². The number of hydrogen-bond donors (Lipinski definition) is 1. The van der Waals surface area contributed by atoms with E-state index in [0.717, 1.165) is 25.7 Å². The first-order chi connectivity index (χ1) is 11.2. The van der Waals surface area contributed by atoms with Crippen molar-refractivity contribution in [3.63, 3.8) is 0 Å². The number of hydrogen-bond acceptors (Lipinski definition) is 2. The van der Waals surface area contributed by atoms with Crippen LogP contribution in [-0.4, -0.2) is 23.3 Å². The van der Waals surface area contributed by atoms with E-state index in [1.54, 1.807) is 0 Å². The number of allylic oxidation sites excluding steroid dienone is 2. The first-order valence-corrected chi connectivity index (χ1v) is 9.41. The number of unbranched alkanes of at least 4 members (excludes halogenated alkanes) is 7. The molecule has 1 fully saturated rings. The van der Waals surface area contributed by atoms with Crippen LogP contribution in [0.5, 0.6) is 0 Å². The lowest BCUT2D eigenvalue weighted by atomic mass is 10.1. The predicted octanol–water partition coefficient (Wildman–Crippen LogP) is 5.65. The molecule has 1 heterocycles.